The first-order chi connectivity index (χ1) is 10.2. The van der Waals surface area contributed by atoms with E-state index in [1.807, 2.05) is 12.2 Å². The Hall–Kier alpha value is -1.35. The van der Waals surface area contributed by atoms with Crippen molar-refractivity contribution >= 4 is 5.97 Å². The molecule has 0 spiro atoms. The molecule has 1 atom stereocenters. The van der Waals surface area contributed by atoms with Crippen LogP contribution >= 0.6 is 0 Å². The number of carbonyl (C=O) groups is 1. The number of aliphatic carboxylic acids is 1. The normalized spacial score (nSPS) is 13.6. The third-order valence-corrected chi connectivity index (χ3v) is 3.11. The molecule has 0 radical (unpaired) electrons. The molecule has 0 aromatic rings. The molecule has 0 aromatic carbocycles. The Labute approximate surface area is 129 Å². The second-order valence-corrected chi connectivity index (χ2v) is 5.16. The average Bonchev–Trinajstić information content (AvgIpc) is 2.45. The molecule has 0 saturated carbocycles. The number of carboxylic acids is 1. The highest BCUT2D eigenvalue weighted by atomic mass is 16.4. The molecule has 0 aliphatic heterocycles. The van der Waals surface area contributed by atoms with E-state index in [1.165, 1.54) is 0 Å². The number of unbranched alkanes of at least 4 members (excludes halogenated alkanes) is 3. The van der Waals surface area contributed by atoms with E-state index in [0.29, 0.717) is 0 Å². The predicted molar refractivity (Wildman–Crippen MR) is 88.3 cm³/mol. The van der Waals surface area contributed by atoms with Gasteiger partial charge in [0.25, 0.3) is 0 Å². The molecule has 0 aliphatic rings. The van der Waals surface area contributed by atoms with E-state index in [0.717, 1.165) is 51.4 Å². The van der Waals surface area contributed by atoms with Crippen LogP contribution in [0.2, 0.25) is 0 Å². The highest BCUT2D eigenvalue weighted by Crippen LogP contribution is 2.08. The van der Waals surface area contributed by atoms with Crippen LogP contribution in [0.3, 0.4) is 0 Å². The van der Waals surface area contributed by atoms with Crippen LogP contribution in [-0.2, 0) is 4.79 Å². The van der Waals surface area contributed by atoms with Crippen molar-refractivity contribution in [2.75, 3.05) is 0 Å². The number of carboxylic acid groups (broad SMARTS) is 1. The fourth-order valence-electron chi connectivity index (χ4n) is 1.93. The first kappa shape index (κ1) is 19.7. The highest BCUT2D eigenvalue weighted by molar-refractivity contribution is 5.66. The molecule has 0 heterocycles. The zero-order valence-electron chi connectivity index (χ0n) is 13.2. The fourth-order valence-corrected chi connectivity index (χ4v) is 1.93. The number of aliphatic hydroxyl groups is 1. The van der Waals surface area contributed by atoms with Gasteiger partial charge in [-0.05, 0) is 32.1 Å². The molecule has 0 aromatic heterocycles. The van der Waals surface area contributed by atoms with Crippen molar-refractivity contribution in [1.29, 1.82) is 0 Å². The van der Waals surface area contributed by atoms with E-state index in [4.69, 9.17) is 5.11 Å². The summed E-state index contributed by atoms with van der Waals surface area (Å²) in [5.41, 5.74) is 0. The molecule has 0 saturated heterocycles. The van der Waals surface area contributed by atoms with Crippen LogP contribution in [0.4, 0.5) is 0 Å². The highest BCUT2D eigenvalue weighted by Gasteiger charge is 2.00. The second kappa shape index (κ2) is 15.0. The first-order valence-electron chi connectivity index (χ1n) is 8.03. The third kappa shape index (κ3) is 16.6. The second-order valence-electron chi connectivity index (χ2n) is 5.16. The fraction of sp³-hybridized carbons (Fsp3) is 0.611. The summed E-state index contributed by atoms with van der Waals surface area (Å²) in [4.78, 5) is 10.3. The smallest absolute Gasteiger partial charge is 0.303 e. The van der Waals surface area contributed by atoms with Gasteiger partial charge < -0.3 is 10.2 Å². The van der Waals surface area contributed by atoms with Crippen LogP contribution in [0.15, 0.2) is 36.5 Å². The van der Waals surface area contributed by atoms with Gasteiger partial charge in [0.1, 0.15) is 0 Å². The Balaban J connectivity index is 3.47. The van der Waals surface area contributed by atoms with Gasteiger partial charge in [0.2, 0.25) is 0 Å². The van der Waals surface area contributed by atoms with E-state index in [-0.39, 0.29) is 12.5 Å². The molecular weight excluding hydrogens is 264 g/mol. The van der Waals surface area contributed by atoms with E-state index >= 15 is 0 Å². The van der Waals surface area contributed by atoms with Gasteiger partial charge in [-0.15, -0.1) is 0 Å². The molecule has 2 N–H and O–H groups in total. The number of hydrogen-bond acceptors (Lipinski definition) is 2. The minimum Gasteiger partial charge on any atom is -0.481 e. The number of hydrogen-bond donors (Lipinski definition) is 2. The van der Waals surface area contributed by atoms with E-state index in [2.05, 4.69) is 31.2 Å². The molecular formula is C18H30O3. The van der Waals surface area contributed by atoms with Crippen molar-refractivity contribution in [2.24, 2.45) is 0 Å². The molecule has 0 rings (SSSR count). The molecule has 3 nitrogen and oxygen atoms in total. The third-order valence-electron chi connectivity index (χ3n) is 3.11. The first-order valence-corrected chi connectivity index (χ1v) is 8.03. The van der Waals surface area contributed by atoms with Gasteiger partial charge in [0, 0.05) is 6.42 Å². The van der Waals surface area contributed by atoms with Gasteiger partial charge in [-0.25, -0.2) is 0 Å². The van der Waals surface area contributed by atoms with Crippen molar-refractivity contribution in [3.05, 3.63) is 36.5 Å². The summed E-state index contributed by atoms with van der Waals surface area (Å²) in [7, 11) is 0. The van der Waals surface area contributed by atoms with Crippen LogP contribution in [0, 0.1) is 0 Å². The van der Waals surface area contributed by atoms with Crippen molar-refractivity contribution < 1.29 is 15.0 Å². The molecule has 1 unspecified atom stereocenters. The SMILES string of the molecule is CC/C=C\C/C=C\C/C=C\C(O)CCCCCCC(=O)O. The Morgan fingerprint density at radius 3 is 2.24 bits per heavy atom. The minimum absolute atomic E-state index is 0.252. The summed E-state index contributed by atoms with van der Waals surface area (Å²) < 4.78 is 0. The maximum absolute atomic E-state index is 10.3. The molecule has 0 bridgehead atoms. The van der Waals surface area contributed by atoms with Crippen LogP contribution in [0.25, 0.3) is 0 Å². The zero-order valence-corrected chi connectivity index (χ0v) is 13.2. The van der Waals surface area contributed by atoms with Crippen LogP contribution in [0.5, 0.6) is 0 Å². The van der Waals surface area contributed by atoms with Crippen molar-refractivity contribution in [3.63, 3.8) is 0 Å². The quantitative estimate of drug-likeness (QED) is 0.384. The lowest BCUT2D eigenvalue weighted by Gasteiger charge is -2.04. The predicted octanol–water partition coefficient (Wildman–Crippen LogP) is 4.63. The zero-order chi connectivity index (χ0) is 15.8. The monoisotopic (exact) mass is 294 g/mol. The van der Waals surface area contributed by atoms with Gasteiger partial charge in [-0.3, -0.25) is 4.79 Å². The number of rotatable bonds is 13. The standard InChI is InChI=1S/C18H30O3/c1-2-3-4-5-6-7-8-11-14-17(19)15-12-9-10-13-16-18(20)21/h3-4,6-7,11,14,17,19H,2,5,8-10,12-13,15-16H2,1H3,(H,20,21)/b4-3-,7-6-,14-11-. The van der Waals surface area contributed by atoms with Gasteiger partial charge in [0.15, 0.2) is 0 Å². The lowest BCUT2D eigenvalue weighted by molar-refractivity contribution is -0.137. The number of aliphatic hydroxyl groups excluding tert-OH is 1. The van der Waals surface area contributed by atoms with Crippen LogP contribution in [-0.4, -0.2) is 22.3 Å². The summed E-state index contributed by atoms with van der Waals surface area (Å²) >= 11 is 0. The van der Waals surface area contributed by atoms with Gasteiger partial charge in [-0.1, -0.05) is 62.6 Å². The maximum Gasteiger partial charge on any atom is 0.303 e. The average molecular weight is 294 g/mol. The van der Waals surface area contributed by atoms with E-state index in [1.54, 1.807) is 0 Å². The van der Waals surface area contributed by atoms with Crippen LogP contribution < -0.4 is 0 Å². The molecule has 0 fully saturated rings. The van der Waals surface area contributed by atoms with Gasteiger partial charge in [-0.2, -0.15) is 0 Å². The lowest BCUT2D eigenvalue weighted by atomic mass is 10.1. The van der Waals surface area contributed by atoms with E-state index in [9.17, 15) is 9.90 Å². The molecule has 21 heavy (non-hydrogen) atoms. The van der Waals surface area contributed by atoms with E-state index < -0.39 is 5.97 Å². The molecule has 0 amide bonds. The summed E-state index contributed by atoms with van der Waals surface area (Å²) in [6, 6.07) is 0. The van der Waals surface area contributed by atoms with Crippen molar-refractivity contribution in [3.8, 4) is 0 Å². The van der Waals surface area contributed by atoms with Crippen molar-refractivity contribution in [1.82, 2.24) is 0 Å². The Kier molecular flexibility index (Phi) is 14.1. The number of allylic oxidation sites excluding steroid dienone is 5. The molecule has 0 aliphatic carbocycles. The van der Waals surface area contributed by atoms with Crippen LogP contribution in [0.1, 0.15) is 64.7 Å². The Bertz CT molecular complexity index is 329. The summed E-state index contributed by atoms with van der Waals surface area (Å²) in [5.74, 6) is -0.726. The largest absolute Gasteiger partial charge is 0.481 e. The molecule has 120 valence electrons. The lowest BCUT2D eigenvalue weighted by Crippen LogP contribution is -2.01. The Morgan fingerprint density at radius 2 is 1.57 bits per heavy atom. The summed E-state index contributed by atoms with van der Waals surface area (Å²) in [5, 5.41) is 18.3. The minimum atomic E-state index is -0.726. The Morgan fingerprint density at radius 1 is 0.952 bits per heavy atom. The summed E-state index contributed by atoms with van der Waals surface area (Å²) in [6.45, 7) is 2.12. The topological polar surface area (TPSA) is 57.5 Å². The van der Waals surface area contributed by atoms with Gasteiger partial charge >= 0.3 is 5.97 Å². The summed E-state index contributed by atoms with van der Waals surface area (Å²) in [6.07, 6.45) is 19.5. The molecule has 3 heteroatoms. The van der Waals surface area contributed by atoms with Gasteiger partial charge in [0.05, 0.1) is 6.10 Å². The van der Waals surface area contributed by atoms with Crippen molar-refractivity contribution in [2.45, 2.75) is 70.8 Å². The maximum atomic E-state index is 10.3.